The Morgan fingerprint density at radius 1 is 1.16 bits per heavy atom. The molecule has 1 heterocycles. The maximum absolute atomic E-state index is 11.9. The third-order valence-electron chi connectivity index (χ3n) is 4.66. The van der Waals surface area contributed by atoms with Gasteiger partial charge in [0.05, 0.1) is 13.7 Å². The number of benzene rings is 1. The summed E-state index contributed by atoms with van der Waals surface area (Å²) in [5, 5.41) is 6.90. The molecular weight excluding hydrogens is 318 g/mol. The highest BCUT2D eigenvalue weighted by Crippen LogP contribution is 2.21. The Kier molecular flexibility index (Phi) is 5.58. The van der Waals surface area contributed by atoms with Gasteiger partial charge in [0.15, 0.2) is 0 Å². The molecule has 3 rings (SSSR count). The van der Waals surface area contributed by atoms with Crippen LogP contribution in [0.4, 0.5) is 0 Å². The van der Waals surface area contributed by atoms with Crippen molar-refractivity contribution in [1.29, 1.82) is 0 Å². The van der Waals surface area contributed by atoms with E-state index in [0.717, 1.165) is 35.2 Å². The zero-order valence-corrected chi connectivity index (χ0v) is 14.6. The standard InChI is InChI=1S/C19H25N3O3/c1-25-16-6-7-17-13(11-16)10-15(21-17)12-20-18(23)8-9-19(24)22-14-4-2-3-5-14/h6-7,10-11,14,21H,2-5,8-9,12H2,1H3,(H,20,23)(H,22,24). The van der Waals surface area contributed by atoms with Crippen LogP contribution in [0, 0.1) is 0 Å². The number of methoxy groups -OCH3 is 1. The summed E-state index contributed by atoms with van der Waals surface area (Å²) in [7, 11) is 1.64. The van der Waals surface area contributed by atoms with Crippen molar-refractivity contribution < 1.29 is 14.3 Å². The summed E-state index contributed by atoms with van der Waals surface area (Å²) in [5.41, 5.74) is 1.92. The molecule has 0 atom stereocenters. The number of rotatable bonds is 7. The molecule has 1 fully saturated rings. The smallest absolute Gasteiger partial charge is 0.220 e. The van der Waals surface area contributed by atoms with E-state index in [-0.39, 0.29) is 24.7 Å². The van der Waals surface area contributed by atoms with Crippen molar-refractivity contribution in [3.05, 3.63) is 30.0 Å². The molecule has 1 saturated carbocycles. The monoisotopic (exact) mass is 343 g/mol. The van der Waals surface area contributed by atoms with E-state index in [4.69, 9.17) is 4.74 Å². The van der Waals surface area contributed by atoms with Crippen LogP contribution in [0.3, 0.4) is 0 Å². The fourth-order valence-corrected chi connectivity index (χ4v) is 3.27. The first-order valence-electron chi connectivity index (χ1n) is 8.86. The second kappa shape index (κ2) is 8.05. The van der Waals surface area contributed by atoms with E-state index in [1.54, 1.807) is 7.11 Å². The van der Waals surface area contributed by atoms with Crippen LogP contribution in [-0.4, -0.2) is 29.9 Å². The first-order valence-corrected chi connectivity index (χ1v) is 8.86. The highest BCUT2D eigenvalue weighted by atomic mass is 16.5. The molecule has 0 saturated heterocycles. The van der Waals surface area contributed by atoms with Gasteiger partial charge in [-0.1, -0.05) is 12.8 Å². The van der Waals surface area contributed by atoms with Crippen molar-refractivity contribution in [2.75, 3.05) is 7.11 Å². The van der Waals surface area contributed by atoms with Gasteiger partial charge in [-0.3, -0.25) is 9.59 Å². The van der Waals surface area contributed by atoms with Crippen molar-refractivity contribution in [3.63, 3.8) is 0 Å². The van der Waals surface area contributed by atoms with Crippen LogP contribution in [-0.2, 0) is 16.1 Å². The van der Waals surface area contributed by atoms with Crippen LogP contribution in [0.25, 0.3) is 10.9 Å². The first-order chi connectivity index (χ1) is 12.1. The molecular formula is C19H25N3O3. The minimum absolute atomic E-state index is 0.0280. The van der Waals surface area contributed by atoms with Gasteiger partial charge in [0.25, 0.3) is 0 Å². The number of aromatic nitrogens is 1. The summed E-state index contributed by atoms with van der Waals surface area (Å²) in [5.74, 6) is 0.660. The fourth-order valence-electron chi connectivity index (χ4n) is 3.27. The molecule has 0 unspecified atom stereocenters. The fraction of sp³-hybridized carbons (Fsp3) is 0.474. The second-order valence-corrected chi connectivity index (χ2v) is 6.57. The number of carbonyl (C=O) groups is 2. The SMILES string of the molecule is COc1ccc2[nH]c(CNC(=O)CCC(=O)NC3CCCC3)cc2c1. The van der Waals surface area contributed by atoms with Gasteiger partial charge in [0, 0.05) is 35.5 Å². The third kappa shape index (κ3) is 4.75. The Morgan fingerprint density at radius 2 is 1.92 bits per heavy atom. The Balaban J connectivity index is 1.43. The molecule has 0 radical (unpaired) electrons. The van der Waals surface area contributed by atoms with Gasteiger partial charge < -0.3 is 20.4 Å². The van der Waals surface area contributed by atoms with Crippen molar-refractivity contribution in [3.8, 4) is 5.75 Å². The summed E-state index contributed by atoms with van der Waals surface area (Å²) in [6.45, 7) is 0.417. The van der Waals surface area contributed by atoms with Gasteiger partial charge in [0.2, 0.25) is 11.8 Å². The van der Waals surface area contributed by atoms with Crippen LogP contribution < -0.4 is 15.4 Å². The van der Waals surface area contributed by atoms with E-state index >= 15 is 0 Å². The van der Waals surface area contributed by atoms with E-state index in [1.165, 1.54) is 12.8 Å². The Hall–Kier alpha value is -2.50. The third-order valence-corrected chi connectivity index (χ3v) is 4.66. The number of nitrogens with one attached hydrogen (secondary N) is 3. The Morgan fingerprint density at radius 3 is 2.68 bits per heavy atom. The summed E-state index contributed by atoms with van der Waals surface area (Å²) in [6.07, 6.45) is 4.94. The molecule has 2 aromatic rings. The van der Waals surface area contributed by atoms with Crippen LogP contribution in [0.5, 0.6) is 5.75 Å². The molecule has 1 aromatic heterocycles. The zero-order chi connectivity index (χ0) is 17.6. The summed E-state index contributed by atoms with van der Waals surface area (Å²) in [4.78, 5) is 27.1. The van der Waals surface area contributed by atoms with Crippen molar-refractivity contribution >= 4 is 22.7 Å². The van der Waals surface area contributed by atoms with E-state index in [2.05, 4.69) is 15.6 Å². The minimum Gasteiger partial charge on any atom is -0.497 e. The number of amides is 2. The van der Waals surface area contributed by atoms with Gasteiger partial charge in [-0.25, -0.2) is 0 Å². The number of hydrogen-bond acceptors (Lipinski definition) is 3. The van der Waals surface area contributed by atoms with Gasteiger partial charge in [-0.05, 0) is 37.1 Å². The Bertz CT molecular complexity index is 747. The first kappa shape index (κ1) is 17.3. The molecule has 0 bridgehead atoms. The predicted molar refractivity (Wildman–Crippen MR) is 96.3 cm³/mol. The molecule has 25 heavy (non-hydrogen) atoms. The second-order valence-electron chi connectivity index (χ2n) is 6.57. The lowest BCUT2D eigenvalue weighted by molar-refractivity contribution is -0.126. The molecule has 0 spiro atoms. The van der Waals surface area contributed by atoms with E-state index in [0.29, 0.717) is 12.6 Å². The quantitative estimate of drug-likeness (QED) is 0.723. The molecule has 2 amide bonds. The maximum Gasteiger partial charge on any atom is 0.220 e. The molecule has 134 valence electrons. The lowest BCUT2D eigenvalue weighted by Crippen LogP contribution is -2.33. The number of hydrogen-bond donors (Lipinski definition) is 3. The average molecular weight is 343 g/mol. The molecule has 6 heteroatoms. The number of aromatic amines is 1. The van der Waals surface area contributed by atoms with Crippen LogP contribution >= 0.6 is 0 Å². The molecule has 6 nitrogen and oxygen atoms in total. The van der Waals surface area contributed by atoms with Crippen LogP contribution in [0.2, 0.25) is 0 Å². The topological polar surface area (TPSA) is 83.2 Å². The highest BCUT2D eigenvalue weighted by molar-refractivity contribution is 5.84. The lowest BCUT2D eigenvalue weighted by Gasteiger charge is -2.11. The van der Waals surface area contributed by atoms with Crippen molar-refractivity contribution in [1.82, 2.24) is 15.6 Å². The summed E-state index contributed by atoms with van der Waals surface area (Å²) >= 11 is 0. The minimum atomic E-state index is -0.113. The largest absolute Gasteiger partial charge is 0.497 e. The number of ether oxygens (including phenoxy) is 1. The summed E-state index contributed by atoms with van der Waals surface area (Å²) < 4.78 is 5.21. The normalized spacial score (nSPS) is 14.6. The van der Waals surface area contributed by atoms with Gasteiger partial charge >= 0.3 is 0 Å². The predicted octanol–water partition coefficient (Wildman–Crippen LogP) is 2.63. The van der Waals surface area contributed by atoms with Gasteiger partial charge in [-0.2, -0.15) is 0 Å². The summed E-state index contributed by atoms with van der Waals surface area (Å²) in [6, 6.07) is 8.09. The van der Waals surface area contributed by atoms with Crippen molar-refractivity contribution in [2.24, 2.45) is 0 Å². The molecule has 3 N–H and O–H groups in total. The maximum atomic E-state index is 11.9. The van der Waals surface area contributed by atoms with E-state index in [1.807, 2.05) is 24.3 Å². The van der Waals surface area contributed by atoms with Gasteiger partial charge in [0.1, 0.15) is 5.75 Å². The molecule has 1 aliphatic rings. The van der Waals surface area contributed by atoms with Crippen molar-refractivity contribution in [2.45, 2.75) is 51.1 Å². The molecule has 1 aromatic carbocycles. The lowest BCUT2D eigenvalue weighted by atomic mass is 10.2. The number of carbonyl (C=O) groups excluding carboxylic acids is 2. The number of fused-ring (bicyclic) bond motifs is 1. The molecule has 1 aliphatic carbocycles. The van der Waals surface area contributed by atoms with Crippen LogP contribution in [0.1, 0.15) is 44.2 Å². The molecule has 0 aliphatic heterocycles. The van der Waals surface area contributed by atoms with E-state index < -0.39 is 0 Å². The Labute approximate surface area is 147 Å². The average Bonchev–Trinajstić information content (AvgIpc) is 3.26. The highest BCUT2D eigenvalue weighted by Gasteiger charge is 2.17. The van der Waals surface area contributed by atoms with E-state index in [9.17, 15) is 9.59 Å². The number of H-pyrrole nitrogens is 1. The van der Waals surface area contributed by atoms with Gasteiger partial charge in [-0.15, -0.1) is 0 Å². The van der Waals surface area contributed by atoms with Crippen LogP contribution in [0.15, 0.2) is 24.3 Å². The zero-order valence-electron chi connectivity index (χ0n) is 14.6.